The summed E-state index contributed by atoms with van der Waals surface area (Å²) < 4.78 is 15.0. The van der Waals surface area contributed by atoms with Crippen LogP contribution in [0.2, 0.25) is 0 Å². The highest BCUT2D eigenvalue weighted by molar-refractivity contribution is 5.49. The van der Waals surface area contributed by atoms with E-state index >= 15 is 0 Å². The standard InChI is InChI=1S/C11H8FN3/c1-8-6-15(7-14-8)11-9(5-13)3-2-4-10(11)12/h2-4,6-7H,1H3. The van der Waals surface area contributed by atoms with Crippen molar-refractivity contribution >= 4 is 0 Å². The second-order valence-corrected chi connectivity index (χ2v) is 3.17. The van der Waals surface area contributed by atoms with Crippen molar-refractivity contribution in [1.82, 2.24) is 9.55 Å². The molecule has 3 nitrogen and oxygen atoms in total. The summed E-state index contributed by atoms with van der Waals surface area (Å²) in [5.74, 6) is -0.425. The van der Waals surface area contributed by atoms with Gasteiger partial charge >= 0.3 is 0 Å². The molecule has 0 unspecified atom stereocenters. The molecule has 15 heavy (non-hydrogen) atoms. The van der Waals surface area contributed by atoms with Gasteiger partial charge in [-0.05, 0) is 19.1 Å². The van der Waals surface area contributed by atoms with E-state index < -0.39 is 5.82 Å². The topological polar surface area (TPSA) is 41.6 Å². The second-order valence-electron chi connectivity index (χ2n) is 3.17. The molecule has 74 valence electrons. The van der Waals surface area contributed by atoms with Crippen molar-refractivity contribution in [3.63, 3.8) is 0 Å². The van der Waals surface area contributed by atoms with Crippen LogP contribution in [0.4, 0.5) is 4.39 Å². The van der Waals surface area contributed by atoms with Gasteiger partial charge in [-0.3, -0.25) is 0 Å². The van der Waals surface area contributed by atoms with E-state index in [0.717, 1.165) is 5.69 Å². The number of nitriles is 1. The van der Waals surface area contributed by atoms with Crippen molar-refractivity contribution in [3.8, 4) is 11.8 Å². The zero-order valence-corrected chi connectivity index (χ0v) is 8.11. The molecular formula is C11H8FN3. The number of aromatic nitrogens is 2. The highest BCUT2D eigenvalue weighted by atomic mass is 19.1. The highest BCUT2D eigenvalue weighted by Gasteiger charge is 2.09. The van der Waals surface area contributed by atoms with E-state index in [1.165, 1.54) is 23.0 Å². The summed E-state index contributed by atoms with van der Waals surface area (Å²) in [6.45, 7) is 1.81. The number of aryl methyl sites for hydroxylation is 1. The monoisotopic (exact) mass is 201 g/mol. The van der Waals surface area contributed by atoms with Crippen LogP contribution >= 0.6 is 0 Å². The van der Waals surface area contributed by atoms with Crippen LogP contribution in [0.5, 0.6) is 0 Å². The number of para-hydroxylation sites is 1. The van der Waals surface area contributed by atoms with E-state index in [9.17, 15) is 4.39 Å². The summed E-state index contributed by atoms with van der Waals surface area (Å²) in [6, 6.07) is 6.37. The highest BCUT2D eigenvalue weighted by Crippen LogP contribution is 2.18. The maximum Gasteiger partial charge on any atom is 0.148 e. The first kappa shape index (κ1) is 9.41. The third-order valence-corrected chi connectivity index (χ3v) is 2.08. The molecule has 2 rings (SSSR count). The fourth-order valence-electron chi connectivity index (χ4n) is 1.41. The smallest absolute Gasteiger partial charge is 0.148 e. The Labute approximate surface area is 86.4 Å². The van der Waals surface area contributed by atoms with Gasteiger partial charge in [-0.1, -0.05) is 6.07 Å². The van der Waals surface area contributed by atoms with Gasteiger partial charge in [0.15, 0.2) is 0 Å². The zero-order chi connectivity index (χ0) is 10.8. The number of imidazole rings is 1. The molecule has 0 bridgehead atoms. The van der Waals surface area contributed by atoms with Gasteiger partial charge in [0.2, 0.25) is 0 Å². The van der Waals surface area contributed by atoms with E-state index in [1.807, 2.05) is 13.0 Å². The van der Waals surface area contributed by atoms with Crippen molar-refractivity contribution in [1.29, 1.82) is 5.26 Å². The van der Waals surface area contributed by atoms with Gasteiger partial charge in [0.05, 0.1) is 17.6 Å². The molecule has 1 heterocycles. The average molecular weight is 201 g/mol. The molecule has 0 N–H and O–H groups in total. The van der Waals surface area contributed by atoms with Crippen molar-refractivity contribution in [2.75, 3.05) is 0 Å². The molecular weight excluding hydrogens is 193 g/mol. The quantitative estimate of drug-likeness (QED) is 0.709. The normalized spacial score (nSPS) is 9.93. The van der Waals surface area contributed by atoms with Crippen LogP contribution in [-0.2, 0) is 0 Å². The SMILES string of the molecule is Cc1cn(-c2c(F)cccc2C#N)cn1. The van der Waals surface area contributed by atoms with Crippen LogP contribution in [0, 0.1) is 24.1 Å². The number of hydrogen-bond donors (Lipinski definition) is 0. The van der Waals surface area contributed by atoms with Gasteiger partial charge in [0.25, 0.3) is 0 Å². The molecule has 0 spiro atoms. The molecule has 0 aliphatic heterocycles. The molecule has 2 aromatic rings. The van der Waals surface area contributed by atoms with Gasteiger partial charge < -0.3 is 4.57 Å². The Morgan fingerprint density at radius 3 is 2.87 bits per heavy atom. The fraction of sp³-hybridized carbons (Fsp3) is 0.0909. The molecule has 0 amide bonds. The lowest BCUT2D eigenvalue weighted by molar-refractivity contribution is 0.617. The van der Waals surface area contributed by atoms with Gasteiger partial charge in [-0.25, -0.2) is 9.37 Å². The van der Waals surface area contributed by atoms with Crippen LogP contribution in [0.25, 0.3) is 5.69 Å². The maximum atomic E-state index is 13.5. The van der Waals surface area contributed by atoms with E-state index in [4.69, 9.17) is 5.26 Å². The molecule has 0 aliphatic carbocycles. The zero-order valence-electron chi connectivity index (χ0n) is 8.11. The number of halogens is 1. The Morgan fingerprint density at radius 2 is 2.27 bits per heavy atom. The number of rotatable bonds is 1. The van der Waals surface area contributed by atoms with Crippen LogP contribution in [0.15, 0.2) is 30.7 Å². The summed E-state index contributed by atoms with van der Waals surface area (Å²) in [6.07, 6.45) is 3.17. The Balaban J connectivity index is 2.67. The van der Waals surface area contributed by atoms with Crippen molar-refractivity contribution in [3.05, 3.63) is 47.8 Å². The molecule has 0 atom stereocenters. The van der Waals surface area contributed by atoms with E-state index in [-0.39, 0.29) is 5.69 Å². The molecule has 1 aromatic heterocycles. The molecule has 0 radical (unpaired) electrons. The first-order valence-corrected chi connectivity index (χ1v) is 4.42. The summed E-state index contributed by atoms with van der Waals surface area (Å²) in [5, 5.41) is 8.86. The number of hydrogen-bond acceptors (Lipinski definition) is 2. The fourth-order valence-corrected chi connectivity index (χ4v) is 1.41. The predicted octanol–water partition coefficient (Wildman–Crippen LogP) is 2.19. The van der Waals surface area contributed by atoms with E-state index in [1.54, 1.807) is 12.3 Å². The van der Waals surface area contributed by atoms with Crippen LogP contribution in [0.1, 0.15) is 11.3 Å². The van der Waals surface area contributed by atoms with Gasteiger partial charge in [0, 0.05) is 6.20 Å². The minimum Gasteiger partial charge on any atom is -0.302 e. The van der Waals surface area contributed by atoms with Gasteiger partial charge in [-0.15, -0.1) is 0 Å². The van der Waals surface area contributed by atoms with Crippen LogP contribution in [0.3, 0.4) is 0 Å². The van der Waals surface area contributed by atoms with Crippen LogP contribution < -0.4 is 0 Å². The maximum absolute atomic E-state index is 13.5. The Hall–Kier alpha value is -2.15. The molecule has 0 aliphatic rings. The minimum atomic E-state index is -0.425. The van der Waals surface area contributed by atoms with Gasteiger partial charge in [0.1, 0.15) is 17.6 Å². The molecule has 4 heteroatoms. The summed E-state index contributed by atoms with van der Waals surface area (Å²) >= 11 is 0. The largest absolute Gasteiger partial charge is 0.302 e. The lowest BCUT2D eigenvalue weighted by Gasteiger charge is -2.05. The average Bonchev–Trinajstić information content (AvgIpc) is 2.64. The van der Waals surface area contributed by atoms with Gasteiger partial charge in [-0.2, -0.15) is 5.26 Å². The van der Waals surface area contributed by atoms with Crippen molar-refractivity contribution in [2.24, 2.45) is 0 Å². The lowest BCUT2D eigenvalue weighted by Crippen LogP contribution is -1.98. The summed E-state index contributed by atoms with van der Waals surface area (Å²) in [4.78, 5) is 4.00. The predicted molar refractivity (Wildman–Crippen MR) is 53.0 cm³/mol. The lowest BCUT2D eigenvalue weighted by atomic mass is 10.2. The third kappa shape index (κ3) is 1.59. The summed E-state index contributed by atoms with van der Waals surface area (Å²) in [5.41, 5.74) is 1.33. The first-order chi connectivity index (χ1) is 7.22. The molecule has 1 aromatic carbocycles. The summed E-state index contributed by atoms with van der Waals surface area (Å²) in [7, 11) is 0. The first-order valence-electron chi connectivity index (χ1n) is 4.42. The molecule has 0 saturated heterocycles. The third-order valence-electron chi connectivity index (χ3n) is 2.08. The van der Waals surface area contributed by atoms with Crippen molar-refractivity contribution in [2.45, 2.75) is 6.92 Å². The van der Waals surface area contributed by atoms with E-state index in [0.29, 0.717) is 5.56 Å². The number of benzene rings is 1. The Kier molecular flexibility index (Phi) is 2.22. The minimum absolute atomic E-state index is 0.251. The van der Waals surface area contributed by atoms with E-state index in [2.05, 4.69) is 4.98 Å². The second kappa shape index (κ2) is 3.54. The van der Waals surface area contributed by atoms with Crippen LogP contribution in [-0.4, -0.2) is 9.55 Å². The molecule has 0 fully saturated rings. The Morgan fingerprint density at radius 1 is 1.47 bits per heavy atom. The molecule has 0 saturated carbocycles. The van der Waals surface area contributed by atoms with Crippen molar-refractivity contribution < 1.29 is 4.39 Å². The Bertz CT molecular complexity index is 537. The number of nitrogens with zero attached hydrogens (tertiary/aromatic N) is 3.